The molecule has 0 saturated carbocycles. The van der Waals surface area contributed by atoms with Crippen LogP contribution in [0.25, 0.3) is 5.69 Å². The minimum atomic E-state index is -0.195. The predicted octanol–water partition coefficient (Wildman–Crippen LogP) is 0.634. The summed E-state index contributed by atoms with van der Waals surface area (Å²) in [5.41, 5.74) is 2.79. The molecule has 3 aromatic heterocycles. The van der Waals surface area contributed by atoms with Crippen LogP contribution in [0.3, 0.4) is 0 Å². The van der Waals surface area contributed by atoms with Crippen LogP contribution in [0.15, 0.2) is 36.8 Å². The fraction of sp³-hybridized carbons (Fsp3) is 0.214. The summed E-state index contributed by atoms with van der Waals surface area (Å²) in [4.78, 5) is 16.1. The van der Waals surface area contributed by atoms with E-state index >= 15 is 0 Å². The molecule has 1 N–H and O–H groups in total. The highest BCUT2D eigenvalue weighted by Crippen LogP contribution is 2.05. The van der Waals surface area contributed by atoms with Gasteiger partial charge < -0.3 is 5.32 Å². The molecule has 112 valence electrons. The van der Waals surface area contributed by atoms with Crippen molar-refractivity contribution in [3.05, 3.63) is 53.9 Å². The predicted molar refractivity (Wildman–Crippen MR) is 78.3 cm³/mol. The molecule has 0 aliphatic carbocycles. The Labute approximate surface area is 126 Å². The number of carbonyl (C=O) groups excluding carboxylic acids is 1. The van der Waals surface area contributed by atoms with Crippen molar-refractivity contribution >= 4 is 5.91 Å². The molecule has 0 fully saturated rings. The summed E-state index contributed by atoms with van der Waals surface area (Å²) in [5.74, 6) is -0.195. The SMILES string of the molecule is Cc1cc(C(=O)NCc2cn(-c3cccnc3)nn2)n(C)n1. The number of aryl methyl sites for hydroxylation is 2. The van der Waals surface area contributed by atoms with Crippen molar-refractivity contribution in [2.75, 3.05) is 0 Å². The fourth-order valence-corrected chi connectivity index (χ4v) is 2.08. The summed E-state index contributed by atoms with van der Waals surface area (Å²) in [6.07, 6.45) is 5.14. The zero-order valence-electron chi connectivity index (χ0n) is 12.3. The lowest BCUT2D eigenvalue weighted by Crippen LogP contribution is -2.25. The number of aromatic nitrogens is 6. The van der Waals surface area contributed by atoms with Gasteiger partial charge >= 0.3 is 0 Å². The lowest BCUT2D eigenvalue weighted by atomic mass is 10.3. The molecule has 0 bridgehead atoms. The van der Waals surface area contributed by atoms with Crippen molar-refractivity contribution in [3.8, 4) is 5.69 Å². The monoisotopic (exact) mass is 297 g/mol. The van der Waals surface area contributed by atoms with Crippen LogP contribution in [-0.2, 0) is 13.6 Å². The number of nitrogens with zero attached hydrogens (tertiary/aromatic N) is 6. The lowest BCUT2D eigenvalue weighted by molar-refractivity contribution is 0.0941. The molecule has 0 aromatic carbocycles. The molecule has 1 amide bonds. The zero-order valence-corrected chi connectivity index (χ0v) is 12.3. The van der Waals surface area contributed by atoms with Crippen molar-refractivity contribution in [1.82, 2.24) is 35.1 Å². The van der Waals surface area contributed by atoms with Crippen molar-refractivity contribution in [3.63, 3.8) is 0 Å². The van der Waals surface area contributed by atoms with Crippen LogP contribution in [0.5, 0.6) is 0 Å². The van der Waals surface area contributed by atoms with Gasteiger partial charge in [-0.05, 0) is 25.1 Å². The maximum atomic E-state index is 12.1. The van der Waals surface area contributed by atoms with Crippen LogP contribution in [0.2, 0.25) is 0 Å². The van der Waals surface area contributed by atoms with E-state index in [0.717, 1.165) is 11.4 Å². The van der Waals surface area contributed by atoms with Crippen molar-refractivity contribution in [1.29, 1.82) is 0 Å². The number of nitrogens with one attached hydrogen (secondary N) is 1. The fourth-order valence-electron chi connectivity index (χ4n) is 2.08. The quantitative estimate of drug-likeness (QED) is 0.763. The first-order valence-electron chi connectivity index (χ1n) is 6.74. The first-order valence-corrected chi connectivity index (χ1v) is 6.74. The van der Waals surface area contributed by atoms with Gasteiger partial charge in [0.25, 0.3) is 5.91 Å². The first-order chi connectivity index (χ1) is 10.6. The standard InChI is InChI=1S/C14H15N7O/c1-10-6-13(20(2)18-10)14(22)16-7-11-9-21(19-17-11)12-4-3-5-15-8-12/h3-6,8-9H,7H2,1-2H3,(H,16,22). The highest BCUT2D eigenvalue weighted by Gasteiger charge is 2.12. The summed E-state index contributed by atoms with van der Waals surface area (Å²) in [6.45, 7) is 2.14. The molecular formula is C14H15N7O. The van der Waals surface area contributed by atoms with E-state index in [0.29, 0.717) is 17.9 Å². The second-order valence-corrected chi connectivity index (χ2v) is 4.84. The van der Waals surface area contributed by atoms with Gasteiger partial charge in [0.05, 0.1) is 30.3 Å². The van der Waals surface area contributed by atoms with Gasteiger partial charge in [-0.1, -0.05) is 5.21 Å². The van der Waals surface area contributed by atoms with Gasteiger partial charge in [-0.25, -0.2) is 4.68 Å². The molecule has 0 unspecified atom stereocenters. The molecule has 0 radical (unpaired) electrons. The molecule has 0 atom stereocenters. The van der Waals surface area contributed by atoms with E-state index in [1.54, 1.807) is 41.1 Å². The van der Waals surface area contributed by atoms with Crippen LogP contribution in [0.1, 0.15) is 21.9 Å². The zero-order chi connectivity index (χ0) is 15.5. The highest BCUT2D eigenvalue weighted by molar-refractivity contribution is 5.92. The molecular weight excluding hydrogens is 282 g/mol. The second kappa shape index (κ2) is 5.76. The van der Waals surface area contributed by atoms with E-state index in [9.17, 15) is 4.79 Å². The number of amides is 1. The number of pyridine rings is 1. The molecule has 0 aliphatic heterocycles. The molecule has 3 rings (SSSR count). The Bertz CT molecular complexity index is 791. The molecule has 0 spiro atoms. The smallest absolute Gasteiger partial charge is 0.269 e. The van der Waals surface area contributed by atoms with Crippen molar-refractivity contribution < 1.29 is 4.79 Å². The third-order valence-electron chi connectivity index (χ3n) is 3.12. The van der Waals surface area contributed by atoms with Gasteiger partial charge in [0.2, 0.25) is 0 Å². The van der Waals surface area contributed by atoms with Gasteiger partial charge in [-0.15, -0.1) is 5.10 Å². The van der Waals surface area contributed by atoms with E-state index in [1.807, 2.05) is 19.1 Å². The normalized spacial score (nSPS) is 10.6. The minimum absolute atomic E-state index is 0.195. The number of hydrogen-bond donors (Lipinski definition) is 1. The van der Waals surface area contributed by atoms with Crippen LogP contribution in [0, 0.1) is 6.92 Å². The minimum Gasteiger partial charge on any atom is -0.345 e. The van der Waals surface area contributed by atoms with E-state index in [4.69, 9.17) is 0 Å². The molecule has 3 aromatic rings. The Balaban J connectivity index is 1.66. The Morgan fingerprint density at radius 1 is 1.41 bits per heavy atom. The molecule has 0 aliphatic rings. The van der Waals surface area contributed by atoms with Gasteiger partial charge in [-0.3, -0.25) is 14.5 Å². The third-order valence-corrected chi connectivity index (χ3v) is 3.12. The van der Waals surface area contributed by atoms with E-state index < -0.39 is 0 Å². The maximum Gasteiger partial charge on any atom is 0.269 e. The summed E-state index contributed by atoms with van der Waals surface area (Å²) >= 11 is 0. The average molecular weight is 297 g/mol. The van der Waals surface area contributed by atoms with E-state index in [-0.39, 0.29) is 5.91 Å². The van der Waals surface area contributed by atoms with E-state index in [2.05, 4.69) is 25.7 Å². The average Bonchev–Trinajstić information content (AvgIpc) is 3.12. The van der Waals surface area contributed by atoms with Gasteiger partial charge in [0.1, 0.15) is 11.4 Å². The summed E-state index contributed by atoms with van der Waals surface area (Å²) in [6, 6.07) is 5.44. The molecule has 8 heteroatoms. The summed E-state index contributed by atoms with van der Waals surface area (Å²) < 4.78 is 3.17. The number of rotatable bonds is 4. The van der Waals surface area contributed by atoms with Gasteiger partial charge in [0.15, 0.2) is 0 Å². The topological polar surface area (TPSA) is 90.5 Å². The van der Waals surface area contributed by atoms with Crippen LogP contribution in [-0.4, -0.2) is 35.7 Å². The lowest BCUT2D eigenvalue weighted by Gasteiger charge is -2.02. The molecule has 8 nitrogen and oxygen atoms in total. The first kappa shape index (κ1) is 13.9. The highest BCUT2D eigenvalue weighted by atomic mass is 16.2. The Morgan fingerprint density at radius 2 is 2.27 bits per heavy atom. The second-order valence-electron chi connectivity index (χ2n) is 4.84. The number of hydrogen-bond acceptors (Lipinski definition) is 5. The van der Waals surface area contributed by atoms with E-state index in [1.165, 1.54) is 0 Å². The van der Waals surface area contributed by atoms with Gasteiger partial charge in [-0.2, -0.15) is 5.10 Å². The van der Waals surface area contributed by atoms with Crippen LogP contribution in [0.4, 0.5) is 0 Å². The Kier molecular flexibility index (Phi) is 3.65. The Morgan fingerprint density at radius 3 is 2.95 bits per heavy atom. The van der Waals surface area contributed by atoms with Crippen molar-refractivity contribution in [2.45, 2.75) is 13.5 Å². The molecule has 0 saturated heterocycles. The third kappa shape index (κ3) is 2.85. The molecule has 22 heavy (non-hydrogen) atoms. The number of carbonyl (C=O) groups is 1. The summed E-state index contributed by atoms with van der Waals surface area (Å²) in [5, 5.41) is 15.0. The summed E-state index contributed by atoms with van der Waals surface area (Å²) in [7, 11) is 1.74. The maximum absolute atomic E-state index is 12.1. The largest absolute Gasteiger partial charge is 0.345 e. The van der Waals surface area contributed by atoms with Crippen LogP contribution < -0.4 is 5.32 Å². The van der Waals surface area contributed by atoms with Crippen LogP contribution >= 0.6 is 0 Å². The Hall–Kier alpha value is -3.03. The molecule has 3 heterocycles. The van der Waals surface area contributed by atoms with Crippen molar-refractivity contribution in [2.24, 2.45) is 7.05 Å². The van der Waals surface area contributed by atoms with Gasteiger partial charge in [0, 0.05) is 13.2 Å².